The number of aliphatic carboxylic acids is 1. The Morgan fingerprint density at radius 3 is 1.89 bits per heavy atom. The van der Waals surface area contributed by atoms with E-state index >= 15 is 0 Å². The lowest BCUT2D eigenvalue weighted by Crippen LogP contribution is -2.40. The maximum Gasteiger partial charge on any atom is 0.485 e. The Labute approximate surface area is 213 Å². The lowest BCUT2D eigenvalue weighted by atomic mass is 10.0. The van der Waals surface area contributed by atoms with Crippen molar-refractivity contribution in [2.75, 3.05) is 0 Å². The van der Waals surface area contributed by atoms with Gasteiger partial charge in [-0.25, -0.2) is 18.0 Å². The SMILES string of the molecule is Cc1cccc(Cl)c1OC(=O)c1c2ccccc2[n+](CC(=O)O)c2ccccc12.O=S(=O)([O-])C(F)(F)F. The Bertz CT molecular complexity index is 1550. The highest BCUT2D eigenvalue weighted by atomic mass is 35.5. The van der Waals surface area contributed by atoms with E-state index in [2.05, 4.69) is 0 Å². The van der Waals surface area contributed by atoms with Crippen molar-refractivity contribution in [3.05, 3.63) is 82.9 Å². The van der Waals surface area contributed by atoms with Gasteiger partial charge in [0.15, 0.2) is 15.9 Å². The molecular formula is C24H17ClF3NO7S. The van der Waals surface area contributed by atoms with Gasteiger partial charge in [0, 0.05) is 12.1 Å². The minimum Gasteiger partial charge on any atom is -0.741 e. The summed E-state index contributed by atoms with van der Waals surface area (Å²) in [6.07, 6.45) is 0. The summed E-state index contributed by atoms with van der Waals surface area (Å²) >= 11 is 6.23. The Morgan fingerprint density at radius 2 is 1.46 bits per heavy atom. The summed E-state index contributed by atoms with van der Waals surface area (Å²) in [5.74, 6) is -1.20. The number of aryl methyl sites for hydroxylation is 1. The first kappa shape index (κ1) is 27.8. The predicted octanol–water partition coefficient (Wildman–Crippen LogP) is 4.60. The molecule has 194 valence electrons. The number of nitrogens with zero attached hydrogens (tertiary/aromatic N) is 1. The largest absolute Gasteiger partial charge is 0.741 e. The van der Waals surface area contributed by atoms with Crippen LogP contribution in [0.2, 0.25) is 5.02 Å². The number of esters is 1. The Kier molecular flexibility index (Phi) is 8.06. The second kappa shape index (κ2) is 10.7. The monoisotopic (exact) mass is 555 g/mol. The standard InChI is InChI=1S/C23H16ClNO4.CHF3O3S/c1-14-7-6-10-17(24)22(14)29-23(28)21-15-8-2-4-11-18(15)25(13-20(26)27)19-12-5-3-9-16(19)21;2-1(3,4)8(5,6)7/h2-12H,13H2,1H3;(H,5,6,7). The molecule has 0 amide bonds. The molecule has 0 aliphatic carbocycles. The molecule has 8 nitrogen and oxygen atoms in total. The number of fused-ring (bicyclic) bond motifs is 2. The molecule has 1 N–H and O–H groups in total. The van der Waals surface area contributed by atoms with E-state index in [1.807, 2.05) is 25.1 Å². The molecule has 0 fully saturated rings. The zero-order chi connectivity index (χ0) is 27.5. The van der Waals surface area contributed by atoms with E-state index in [1.165, 1.54) is 0 Å². The van der Waals surface area contributed by atoms with Crippen LogP contribution in [0.15, 0.2) is 66.7 Å². The van der Waals surface area contributed by atoms with Gasteiger partial charge in [-0.05, 0) is 30.7 Å². The molecule has 0 saturated carbocycles. The van der Waals surface area contributed by atoms with Crippen molar-refractivity contribution in [1.82, 2.24) is 0 Å². The summed E-state index contributed by atoms with van der Waals surface area (Å²) in [6, 6.07) is 19.7. The molecule has 1 aromatic heterocycles. The molecule has 0 radical (unpaired) electrons. The third-order valence-corrected chi connectivity index (χ3v) is 5.93. The molecule has 0 bridgehead atoms. The van der Waals surface area contributed by atoms with E-state index in [1.54, 1.807) is 53.1 Å². The number of para-hydroxylation sites is 3. The van der Waals surface area contributed by atoms with Crippen molar-refractivity contribution in [2.45, 2.75) is 19.0 Å². The molecule has 37 heavy (non-hydrogen) atoms. The van der Waals surface area contributed by atoms with Crippen molar-refractivity contribution in [1.29, 1.82) is 0 Å². The fraction of sp³-hybridized carbons (Fsp3) is 0.125. The van der Waals surface area contributed by atoms with Crippen molar-refractivity contribution in [3.8, 4) is 5.75 Å². The highest BCUT2D eigenvalue weighted by Crippen LogP contribution is 2.31. The van der Waals surface area contributed by atoms with Crippen LogP contribution in [0, 0.1) is 6.92 Å². The van der Waals surface area contributed by atoms with Gasteiger partial charge in [-0.1, -0.05) is 48.0 Å². The average molecular weight is 556 g/mol. The summed E-state index contributed by atoms with van der Waals surface area (Å²) in [7, 11) is -6.09. The van der Waals surface area contributed by atoms with Gasteiger partial charge < -0.3 is 14.4 Å². The third-order valence-electron chi connectivity index (χ3n) is 5.07. The maximum absolute atomic E-state index is 13.3. The van der Waals surface area contributed by atoms with Gasteiger partial charge >= 0.3 is 17.4 Å². The van der Waals surface area contributed by atoms with E-state index in [-0.39, 0.29) is 6.54 Å². The molecule has 0 unspecified atom stereocenters. The molecule has 0 atom stereocenters. The molecule has 4 aromatic rings. The van der Waals surface area contributed by atoms with Gasteiger partial charge in [0.1, 0.15) is 0 Å². The number of carboxylic acid groups (broad SMARTS) is 1. The lowest BCUT2D eigenvalue weighted by Gasteiger charge is -2.13. The van der Waals surface area contributed by atoms with E-state index in [0.29, 0.717) is 38.1 Å². The molecule has 0 aliphatic heterocycles. The van der Waals surface area contributed by atoms with Gasteiger partial charge in [0.05, 0.1) is 21.4 Å². The molecule has 0 aliphatic rings. The minimum absolute atomic E-state index is 0.222. The van der Waals surface area contributed by atoms with E-state index < -0.39 is 27.6 Å². The summed E-state index contributed by atoms with van der Waals surface area (Å²) < 4.78 is 66.3. The second-order valence-electron chi connectivity index (χ2n) is 7.56. The number of benzene rings is 3. The number of ether oxygens (including phenoxy) is 1. The Hall–Kier alpha value is -3.74. The molecule has 1 heterocycles. The average Bonchev–Trinajstić information content (AvgIpc) is 2.80. The normalized spacial score (nSPS) is 11.6. The smallest absolute Gasteiger partial charge is 0.485 e. The van der Waals surface area contributed by atoms with Crippen molar-refractivity contribution < 1.29 is 50.1 Å². The van der Waals surface area contributed by atoms with Crippen LogP contribution in [0.1, 0.15) is 15.9 Å². The van der Waals surface area contributed by atoms with Crippen LogP contribution < -0.4 is 9.30 Å². The van der Waals surface area contributed by atoms with Crippen LogP contribution in [0.3, 0.4) is 0 Å². The first-order valence-corrected chi connectivity index (χ1v) is 12.1. The fourth-order valence-corrected chi connectivity index (χ4v) is 3.79. The molecular weight excluding hydrogens is 539 g/mol. The number of aromatic nitrogens is 1. The van der Waals surface area contributed by atoms with Crippen molar-refractivity contribution in [2.24, 2.45) is 0 Å². The van der Waals surface area contributed by atoms with Crippen molar-refractivity contribution in [3.63, 3.8) is 0 Å². The lowest BCUT2D eigenvalue weighted by molar-refractivity contribution is -0.633. The molecule has 3 aromatic carbocycles. The Balaban J connectivity index is 0.000000414. The van der Waals surface area contributed by atoms with Crippen LogP contribution >= 0.6 is 11.6 Å². The molecule has 13 heteroatoms. The number of rotatable bonds is 4. The van der Waals surface area contributed by atoms with Crippen LogP contribution in [-0.4, -0.2) is 35.5 Å². The van der Waals surface area contributed by atoms with Crippen LogP contribution in [-0.2, 0) is 21.5 Å². The van der Waals surface area contributed by atoms with Crippen LogP contribution in [0.5, 0.6) is 5.75 Å². The number of carbonyl (C=O) groups is 2. The van der Waals surface area contributed by atoms with E-state index in [9.17, 15) is 27.9 Å². The first-order chi connectivity index (χ1) is 17.2. The van der Waals surface area contributed by atoms with E-state index in [4.69, 9.17) is 29.3 Å². The quantitative estimate of drug-likeness (QED) is 0.0974. The maximum atomic E-state index is 13.3. The summed E-state index contributed by atoms with van der Waals surface area (Å²) in [6.45, 7) is 1.59. The zero-order valence-electron chi connectivity index (χ0n) is 18.8. The predicted molar refractivity (Wildman–Crippen MR) is 126 cm³/mol. The van der Waals surface area contributed by atoms with Gasteiger partial charge in [-0.2, -0.15) is 17.7 Å². The van der Waals surface area contributed by atoms with Gasteiger partial charge in [-0.3, -0.25) is 0 Å². The van der Waals surface area contributed by atoms with Crippen LogP contribution in [0.25, 0.3) is 21.8 Å². The van der Waals surface area contributed by atoms with Gasteiger partial charge in [0.25, 0.3) is 0 Å². The number of carboxylic acids is 1. The number of halogens is 4. The number of hydrogen-bond acceptors (Lipinski definition) is 6. The number of carbonyl (C=O) groups excluding carboxylic acids is 1. The molecule has 4 rings (SSSR count). The molecule has 0 spiro atoms. The topological polar surface area (TPSA) is 125 Å². The summed E-state index contributed by atoms with van der Waals surface area (Å²) in [4.78, 5) is 24.7. The summed E-state index contributed by atoms with van der Waals surface area (Å²) in [5, 5.41) is 11.0. The minimum atomic E-state index is -6.09. The molecule has 0 saturated heterocycles. The number of hydrogen-bond donors (Lipinski definition) is 1. The van der Waals surface area contributed by atoms with Gasteiger partial charge in [0.2, 0.25) is 17.6 Å². The zero-order valence-corrected chi connectivity index (χ0v) is 20.4. The van der Waals surface area contributed by atoms with E-state index in [0.717, 1.165) is 5.56 Å². The Morgan fingerprint density at radius 1 is 0.973 bits per heavy atom. The fourth-order valence-electron chi connectivity index (χ4n) is 3.53. The number of alkyl halides is 3. The van der Waals surface area contributed by atoms with Crippen molar-refractivity contribution >= 4 is 55.5 Å². The second-order valence-corrected chi connectivity index (χ2v) is 9.34. The van der Waals surface area contributed by atoms with Crippen LogP contribution in [0.4, 0.5) is 13.2 Å². The number of pyridine rings is 1. The third kappa shape index (κ3) is 6.16. The highest BCUT2D eigenvalue weighted by Gasteiger charge is 2.37. The summed E-state index contributed by atoms with van der Waals surface area (Å²) in [5.41, 5.74) is -3.26. The van der Waals surface area contributed by atoms with Gasteiger partial charge in [-0.15, -0.1) is 0 Å². The first-order valence-electron chi connectivity index (χ1n) is 10.3. The highest BCUT2D eigenvalue weighted by molar-refractivity contribution is 7.86.